The lowest BCUT2D eigenvalue weighted by atomic mass is 9.96. The zero-order valence-electron chi connectivity index (χ0n) is 22.7. The summed E-state index contributed by atoms with van der Waals surface area (Å²) in [5.74, 6) is -1.52. The van der Waals surface area contributed by atoms with E-state index in [0.717, 1.165) is 5.56 Å². The monoisotopic (exact) mass is 573 g/mol. The van der Waals surface area contributed by atoms with Gasteiger partial charge in [-0.3, -0.25) is 9.69 Å². The van der Waals surface area contributed by atoms with Gasteiger partial charge in [0.1, 0.15) is 24.3 Å². The van der Waals surface area contributed by atoms with Gasteiger partial charge in [0.2, 0.25) is 0 Å². The molecule has 1 atom stereocenters. The van der Waals surface area contributed by atoms with Gasteiger partial charge in [-0.2, -0.15) is 0 Å². The minimum absolute atomic E-state index is 0.218. The number of hydrogen-bond acceptors (Lipinski definition) is 7. The van der Waals surface area contributed by atoms with Crippen LogP contribution in [0.5, 0.6) is 0 Å². The molecular weight excluding hydrogens is 544 g/mol. The van der Waals surface area contributed by atoms with Crippen molar-refractivity contribution in [2.75, 3.05) is 29.4 Å². The number of aromatic nitrogens is 3. The van der Waals surface area contributed by atoms with Crippen molar-refractivity contribution in [1.82, 2.24) is 15.0 Å². The third-order valence-electron chi connectivity index (χ3n) is 7.65. The minimum atomic E-state index is -0.581. The Labute approximate surface area is 241 Å². The van der Waals surface area contributed by atoms with Gasteiger partial charge in [-0.1, -0.05) is 41.6 Å². The van der Waals surface area contributed by atoms with E-state index in [9.17, 15) is 9.59 Å². The number of nitrogens with zero attached hydrogens (tertiary/aromatic N) is 5. The van der Waals surface area contributed by atoms with Crippen molar-refractivity contribution in [1.29, 1.82) is 0 Å². The van der Waals surface area contributed by atoms with Gasteiger partial charge in [0, 0.05) is 24.8 Å². The van der Waals surface area contributed by atoms with Crippen LogP contribution in [-0.2, 0) is 27.4 Å². The highest BCUT2D eigenvalue weighted by atomic mass is 19.1. The largest absolute Gasteiger partial charge is 0.461 e. The van der Waals surface area contributed by atoms with E-state index in [-0.39, 0.29) is 30.6 Å². The number of cyclic esters (lactones) is 1. The number of rotatable bonds is 8. The molecule has 2 aliphatic rings. The first-order valence-electron chi connectivity index (χ1n) is 13.8. The first-order chi connectivity index (χ1) is 20.4. The highest BCUT2D eigenvalue weighted by molar-refractivity contribution is 5.90. The second-order valence-electron chi connectivity index (χ2n) is 10.4. The van der Waals surface area contributed by atoms with Crippen LogP contribution in [0, 0.1) is 17.6 Å². The van der Waals surface area contributed by atoms with Gasteiger partial charge in [-0.25, -0.2) is 18.3 Å². The molecule has 0 spiro atoms. The Hall–Kier alpha value is -4.80. The summed E-state index contributed by atoms with van der Waals surface area (Å²) in [6, 6.07) is 18.5. The Kier molecular flexibility index (Phi) is 7.81. The van der Waals surface area contributed by atoms with E-state index in [2.05, 4.69) is 10.3 Å². The van der Waals surface area contributed by atoms with Crippen LogP contribution < -0.4 is 9.80 Å². The van der Waals surface area contributed by atoms with E-state index in [1.807, 2.05) is 35.2 Å². The second kappa shape index (κ2) is 12.0. The predicted molar refractivity (Wildman–Crippen MR) is 151 cm³/mol. The SMILES string of the molecule is O=C(OCc1ccccc1)C1CCN(c2ccc(-c3ccc(N4C[C@H](Cn5ccnn5)OC4=O)cc3F)cc2F)CC1. The van der Waals surface area contributed by atoms with Gasteiger partial charge >= 0.3 is 12.1 Å². The summed E-state index contributed by atoms with van der Waals surface area (Å²) in [6.07, 6.45) is 3.30. The molecule has 1 aromatic heterocycles. The number of benzene rings is 3. The lowest BCUT2D eigenvalue weighted by Crippen LogP contribution is -2.37. The Balaban J connectivity index is 1.06. The Morgan fingerprint density at radius 1 is 1.00 bits per heavy atom. The fourth-order valence-electron chi connectivity index (χ4n) is 5.41. The van der Waals surface area contributed by atoms with Gasteiger partial charge in [0.15, 0.2) is 0 Å². The summed E-state index contributed by atoms with van der Waals surface area (Å²) in [7, 11) is 0. The average molecular weight is 574 g/mol. The van der Waals surface area contributed by atoms with E-state index in [1.54, 1.807) is 29.1 Å². The normalized spacial score (nSPS) is 17.4. The number of ether oxygens (including phenoxy) is 2. The topological polar surface area (TPSA) is 89.8 Å². The van der Waals surface area contributed by atoms with Crippen LogP contribution in [-0.4, -0.2) is 52.8 Å². The van der Waals surface area contributed by atoms with Gasteiger partial charge in [-0.15, -0.1) is 5.10 Å². The van der Waals surface area contributed by atoms with Crippen LogP contribution >= 0.6 is 0 Å². The van der Waals surface area contributed by atoms with Crippen molar-refractivity contribution in [3.8, 4) is 11.1 Å². The van der Waals surface area contributed by atoms with E-state index < -0.39 is 23.8 Å². The number of piperidine rings is 1. The molecule has 0 radical (unpaired) electrons. The molecule has 6 rings (SSSR count). The summed E-state index contributed by atoms with van der Waals surface area (Å²) in [6.45, 7) is 1.83. The molecule has 0 N–H and O–H groups in total. The van der Waals surface area contributed by atoms with E-state index in [0.29, 0.717) is 49.4 Å². The highest BCUT2D eigenvalue weighted by Gasteiger charge is 2.33. The lowest BCUT2D eigenvalue weighted by molar-refractivity contribution is -0.150. The zero-order valence-corrected chi connectivity index (χ0v) is 22.7. The molecule has 0 unspecified atom stereocenters. The van der Waals surface area contributed by atoms with Gasteiger partial charge in [0.05, 0.1) is 36.6 Å². The fraction of sp³-hybridized carbons (Fsp3) is 0.290. The van der Waals surface area contributed by atoms with Crippen LogP contribution in [0.4, 0.5) is 25.0 Å². The third-order valence-corrected chi connectivity index (χ3v) is 7.65. The molecule has 9 nitrogen and oxygen atoms in total. The lowest BCUT2D eigenvalue weighted by Gasteiger charge is -2.33. The Bertz CT molecular complexity index is 1560. The second-order valence-corrected chi connectivity index (χ2v) is 10.4. The number of carbonyl (C=O) groups excluding carboxylic acids is 2. The molecule has 1 amide bonds. The van der Waals surface area contributed by atoms with E-state index >= 15 is 8.78 Å². The standard InChI is InChI=1S/C31H29F2N5O4/c32-27-17-24(38-19-25(42-31(38)40)18-37-15-12-34-35-37)7-8-26(27)23-6-9-29(28(33)16-23)36-13-10-22(11-14-36)30(39)41-20-21-4-2-1-3-5-21/h1-9,12,15-17,22,25H,10-11,13-14,18-20H2/t25-/m0/s1. The molecule has 2 saturated heterocycles. The van der Waals surface area contributed by atoms with Gasteiger partial charge in [0.25, 0.3) is 0 Å². The first kappa shape index (κ1) is 27.4. The molecule has 11 heteroatoms. The van der Waals surface area contributed by atoms with Crippen molar-refractivity contribution in [3.63, 3.8) is 0 Å². The van der Waals surface area contributed by atoms with Crippen LogP contribution in [0.15, 0.2) is 79.1 Å². The van der Waals surface area contributed by atoms with Crippen molar-refractivity contribution < 1.29 is 27.8 Å². The summed E-state index contributed by atoms with van der Waals surface area (Å²) in [4.78, 5) is 28.2. The number of amides is 1. The molecule has 2 fully saturated rings. The summed E-state index contributed by atoms with van der Waals surface area (Å²) >= 11 is 0. The fourth-order valence-corrected chi connectivity index (χ4v) is 5.41. The van der Waals surface area contributed by atoms with E-state index in [1.165, 1.54) is 29.3 Å². The highest BCUT2D eigenvalue weighted by Crippen LogP contribution is 2.33. The summed E-state index contributed by atoms with van der Waals surface area (Å²) < 4.78 is 42.9. The average Bonchev–Trinajstić information content (AvgIpc) is 3.66. The maximum atomic E-state index is 15.3. The number of anilines is 2. The van der Waals surface area contributed by atoms with Crippen molar-refractivity contribution in [2.45, 2.75) is 32.1 Å². The molecule has 3 aromatic carbocycles. The van der Waals surface area contributed by atoms with Gasteiger partial charge < -0.3 is 14.4 Å². The van der Waals surface area contributed by atoms with Crippen LogP contribution in [0.25, 0.3) is 11.1 Å². The van der Waals surface area contributed by atoms with E-state index in [4.69, 9.17) is 9.47 Å². The van der Waals surface area contributed by atoms with Crippen LogP contribution in [0.2, 0.25) is 0 Å². The summed E-state index contributed by atoms with van der Waals surface area (Å²) in [5.41, 5.74) is 2.29. The molecule has 0 saturated carbocycles. The molecule has 0 bridgehead atoms. The minimum Gasteiger partial charge on any atom is -0.461 e. The van der Waals surface area contributed by atoms with Crippen molar-refractivity contribution in [2.24, 2.45) is 5.92 Å². The Morgan fingerprint density at radius 3 is 2.52 bits per heavy atom. The van der Waals surface area contributed by atoms with Crippen molar-refractivity contribution in [3.05, 3.63) is 96.3 Å². The third kappa shape index (κ3) is 5.95. The number of hydrogen-bond donors (Lipinski definition) is 0. The molecule has 216 valence electrons. The number of halogens is 2. The maximum absolute atomic E-state index is 15.3. The molecule has 0 aliphatic carbocycles. The zero-order chi connectivity index (χ0) is 29.1. The number of carbonyl (C=O) groups is 2. The predicted octanol–water partition coefficient (Wildman–Crippen LogP) is 5.21. The molecule has 4 aromatic rings. The first-order valence-corrected chi connectivity index (χ1v) is 13.8. The smallest absolute Gasteiger partial charge is 0.414 e. The molecule has 42 heavy (non-hydrogen) atoms. The molecule has 2 aliphatic heterocycles. The van der Waals surface area contributed by atoms with Crippen molar-refractivity contribution >= 4 is 23.4 Å². The van der Waals surface area contributed by atoms with Gasteiger partial charge in [-0.05, 0) is 54.3 Å². The quantitative estimate of drug-likeness (QED) is 0.268. The van der Waals surface area contributed by atoms with Crippen LogP contribution in [0.1, 0.15) is 18.4 Å². The molecule has 3 heterocycles. The van der Waals surface area contributed by atoms with Crippen LogP contribution in [0.3, 0.4) is 0 Å². The molecular formula is C31H29F2N5O4. The maximum Gasteiger partial charge on any atom is 0.414 e. The number of esters is 1. The summed E-state index contributed by atoms with van der Waals surface area (Å²) in [5, 5.41) is 7.61. The Morgan fingerprint density at radius 2 is 1.81 bits per heavy atom.